The third-order valence-corrected chi connectivity index (χ3v) is 10.1. The first kappa shape index (κ1) is 22.5. The molecule has 3 heterocycles. The molecule has 0 bridgehead atoms. The maximum atomic E-state index is 6.68. The monoisotopic (exact) mass is 492 g/mol. The van der Waals surface area contributed by atoms with E-state index in [-0.39, 0.29) is 23.0 Å². The molecule has 0 unspecified atom stereocenters. The van der Waals surface area contributed by atoms with E-state index in [0.717, 1.165) is 23.0 Å². The van der Waals surface area contributed by atoms with Crippen LogP contribution in [0.15, 0.2) is 48.5 Å². The normalized spacial score (nSPS) is 18.5. The summed E-state index contributed by atoms with van der Waals surface area (Å²) < 4.78 is 15.9. The highest BCUT2D eigenvalue weighted by atomic mass is 32.1. The second-order valence-corrected chi connectivity index (χ2v) is 14.3. The molecule has 7 rings (SSSR count). The lowest BCUT2D eigenvalue weighted by molar-refractivity contribution is 0.330. The van der Waals surface area contributed by atoms with Crippen molar-refractivity contribution in [2.24, 2.45) is 0 Å². The Kier molecular flexibility index (Phi) is 4.36. The van der Waals surface area contributed by atoms with Gasteiger partial charge in [-0.15, -0.1) is 11.3 Å². The molecule has 3 aromatic carbocycles. The third kappa shape index (κ3) is 3.03. The number of hydrogen-bond acceptors (Lipinski definition) is 3. The predicted octanol–water partition coefficient (Wildman–Crippen LogP) is 7.28. The molecule has 0 amide bonds. The molecule has 0 N–H and O–H groups in total. The maximum absolute atomic E-state index is 6.68. The van der Waals surface area contributed by atoms with Crippen molar-refractivity contribution in [3.63, 3.8) is 0 Å². The Hall–Kier alpha value is -2.72. The van der Waals surface area contributed by atoms with Crippen molar-refractivity contribution >= 4 is 43.8 Å². The Morgan fingerprint density at radius 1 is 0.806 bits per heavy atom. The third-order valence-electron chi connectivity index (χ3n) is 8.84. The summed E-state index contributed by atoms with van der Waals surface area (Å²) in [6, 6.07) is 18.0. The Morgan fingerprint density at radius 2 is 1.47 bits per heavy atom. The van der Waals surface area contributed by atoms with Crippen LogP contribution >= 0.6 is 11.3 Å². The minimum Gasteiger partial charge on any atom is -0.458 e. The van der Waals surface area contributed by atoms with Gasteiger partial charge in [-0.25, -0.2) is 0 Å². The number of thiophene rings is 1. The van der Waals surface area contributed by atoms with Crippen LogP contribution in [0.4, 0.5) is 0 Å². The van der Waals surface area contributed by atoms with Gasteiger partial charge >= 0.3 is 0 Å². The van der Waals surface area contributed by atoms with Crippen LogP contribution in [0.1, 0.15) is 78.0 Å². The highest BCUT2D eigenvalue weighted by Gasteiger charge is 2.45. The Labute approximate surface area is 218 Å². The summed E-state index contributed by atoms with van der Waals surface area (Å²) in [4.78, 5) is 0. The van der Waals surface area contributed by atoms with Gasteiger partial charge in [0.2, 0.25) is 0 Å². The molecule has 1 aromatic heterocycles. The van der Waals surface area contributed by atoms with E-state index in [4.69, 9.17) is 9.47 Å². The molecule has 4 aromatic rings. The SMILES string of the molecule is CC(C)(C)c1ccc2sc3c(c2c1)Oc1cccc2c1B3c1cc3c(cc1O2)C(C)(C)CCC3(C)C. The van der Waals surface area contributed by atoms with E-state index in [2.05, 4.69) is 97.0 Å². The van der Waals surface area contributed by atoms with Gasteiger partial charge in [-0.2, -0.15) is 0 Å². The fourth-order valence-electron chi connectivity index (χ4n) is 6.42. The van der Waals surface area contributed by atoms with E-state index in [9.17, 15) is 0 Å². The van der Waals surface area contributed by atoms with Gasteiger partial charge in [-0.05, 0) is 81.6 Å². The zero-order chi connectivity index (χ0) is 25.2. The van der Waals surface area contributed by atoms with Gasteiger partial charge < -0.3 is 9.47 Å². The second-order valence-electron chi connectivity index (χ2n) is 13.3. The Bertz CT molecular complexity index is 1580. The van der Waals surface area contributed by atoms with Gasteiger partial charge in [0.1, 0.15) is 23.0 Å². The van der Waals surface area contributed by atoms with Crippen molar-refractivity contribution in [1.82, 2.24) is 0 Å². The van der Waals surface area contributed by atoms with Crippen LogP contribution < -0.4 is 25.2 Å². The van der Waals surface area contributed by atoms with Crippen LogP contribution in [0.25, 0.3) is 10.1 Å². The van der Waals surface area contributed by atoms with Gasteiger partial charge in [0.15, 0.2) is 0 Å². The average molecular weight is 492 g/mol. The molecule has 0 saturated carbocycles. The van der Waals surface area contributed by atoms with Crippen LogP contribution in [0.2, 0.25) is 0 Å². The lowest BCUT2D eigenvalue weighted by Gasteiger charge is -2.43. The van der Waals surface area contributed by atoms with Crippen molar-refractivity contribution in [2.45, 2.75) is 77.6 Å². The van der Waals surface area contributed by atoms with Gasteiger partial charge in [0.05, 0.1) is 0 Å². The molecule has 1 aliphatic carbocycles. The van der Waals surface area contributed by atoms with Gasteiger partial charge in [-0.1, -0.05) is 66.7 Å². The lowest BCUT2D eigenvalue weighted by atomic mass is 9.37. The summed E-state index contributed by atoms with van der Waals surface area (Å²) in [5, 5.41) is 1.23. The highest BCUT2D eigenvalue weighted by molar-refractivity contribution is 7.33. The number of benzene rings is 3. The van der Waals surface area contributed by atoms with Crippen molar-refractivity contribution < 1.29 is 9.47 Å². The van der Waals surface area contributed by atoms with Crippen LogP contribution in [0.5, 0.6) is 23.0 Å². The number of rotatable bonds is 0. The topological polar surface area (TPSA) is 18.5 Å². The fraction of sp³-hybridized carbons (Fsp3) is 0.375. The molecular weight excluding hydrogens is 459 g/mol. The molecular formula is C32H33BO2S. The zero-order valence-corrected chi connectivity index (χ0v) is 23.2. The fourth-order valence-corrected chi connectivity index (χ4v) is 7.66. The smallest absolute Gasteiger partial charge is 0.273 e. The van der Waals surface area contributed by atoms with E-state index >= 15 is 0 Å². The van der Waals surface area contributed by atoms with E-state index < -0.39 is 0 Å². The molecule has 0 spiro atoms. The number of hydrogen-bond donors (Lipinski definition) is 0. The molecule has 0 atom stereocenters. The number of ether oxygens (including phenoxy) is 2. The van der Waals surface area contributed by atoms with Crippen molar-refractivity contribution in [3.8, 4) is 23.0 Å². The van der Waals surface area contributed by atoms with E-state index in [1.807, 2.05) is 11.3 Å². The molecule has 0 saturated heterocycles. The van der Waals surface area contributed by atoms with Gasteiger partial charge in [0.25, 0.3) is 6.71 Å². The van der Waals surface area contributed by atoms with Crippen LogP contribution in [-0.4, -0.2) is 6.71 Å². The summed E-state index contributed by atoms with van der Waals surface area (Å²) in [5.41, 5.74) is 7.10. The minimum absolute atomic E-state index is 0.0888. The molecule has 182 valence electrons. The molecule has 36 heavy (non-hydrogen) atoms. The first-order valence-corrected chi connectivity index (χ1v) is 14.0. The predicted molar refractivity (Wildman–Crippen MR) is 153 cm³/mol. The summed E-state index contributed by atoms with van der Waals surface area (Å²) in [6.07, 6.45) is 2.40. The zero-order valence-electron chi connectivity index (χ0n) is 22.3. The first-order valence-electron chi connectivity index (χ1n) is 13.2. The van der Waals surface area contributed by atoms with E-state index in [1.165, 1.54) is 55.3 Å². The Balaban J connectivity index is 1.51. The molecule has 2 nitrogen and oxygen atoms in total. The van der Waals surface area contributed by atoms with Crippen LogP contribution in [-0.2, 0) is 16.2 Å². The molecule has 3 aliphatic rings. The van der Waals surface area contributed by atoms with E-state index in [0.29, 0.717) is 0 Å². The Morgan fingerprint density at radius 3 is 2.17 bits per heavy atom. The lowest BCUT2D eigenvalue weighted by Crippen LogP contribution is -2.57. The largest absolute Gasteiger partial charge is 0.458 e. The van der Waals surface area contributed by atoms with Crippen molar-refractivity contribution in [3.05, 3.63) is 65.2 Å². The first-order chi connectivity index (χ1) is 16.9. The molecule has 0 fully saturated rings. The second kappa shape index (κ2) is 6.98. The maximum Gasteiger partial charge on any atom is 0.273 e. The number of fused-ring (bicyclic) bond motifs is 7. The van der Waals surface area contributed by atoms with Gasteiger partial charge in [0, 0.05) is 20.3 Å². The highest BCUT2D eigenvalue weighted by Crippen LogP contribution is 2.48. The summed E-state index contributed by atoms with van der Waals surface area (Å²) in [6.45, 7) is 16.5. The quantitative estimate of drug-likeness (QED) is 0.208. The van der Waals surface area contributed by atoms with Crippen LogP contribution in [0.3, 0.4) is 0 Å². The van der Waals surface area contributed by atoms with Crippen molar-refractivity contribution in [2.75, 3.05) is 0 Å². The molecule has 0 radical (unpaired) electrons. The standard InChI is InChI=1S/C32H33BO2S/c1-30(2,3)18-11-12-26-19(15-18)28-29(36-26)33-22-16-20-21(32(6,7)14-13-31(20,4)5)17-25(22)34-23-9-8-10-24(35-28)27(23)33/h8-12,15-17H,13-14H2,1-7H3. The van der Waals surface area contributed by atoms with E-state index in [1.54, 1.807) is 0 Å². The summed E-state index contributed by atoms with van der Waals surface area (Å²) in [5.74, 6) is 3.89. The summed E-state index contributed by atoms with van der Waals surface area (Å²) >= 11 is 1.88. The molecule has 4 heteroatoms. The summed E-state index contributed by atoms with van der Waals surface area (Å²) in [7, 11) is 0. The van der Waals surface area contributed by atoms with Crippen molar-refractivity contribution in [1.29, 1.82) is 0 Å². The minimum atomic E-state index is 0.0888. The van der Waals surface area contributed by atoms with Gasteiger partial charge in [-0.3, -0.25) is 0 Å². The molecule has 2 aliphatic heterocycles. The van der Waals surface area contributed by atoms with Crippen LogP contribution in [0, 0.1) is 0 Å². The average Bonchev–Trinajstić information content (AvgIpc) is 3.18.